The van der Waals surface area contributed by atoms with Crippen molar-refractivity contribution in [1.82, 2.24) is 4.72 Å². The molecule has 0 bridgehead atoms. The van der Waals surface area contributed by atoms with Crippen LogP contribution in [0.4, 0.5) is 0 Å². The van der Waals surface area contributed by atoms with Crippen LogP contribution >= 0.6 is 11.6 Å². The van der Waals surface area contributed by atoms with Gasteiger partial charge in [-0.05, 0) is 31.0 Å². The molecule has 0 saturated carbocycles. The maximum absolute atomic E-state index is 12.2. The van der Waals surface area contributed by atoms with Crippen molar-refractivity contribution in [2.24, 2.45) is 0 Å². The third-order valence-corrected chi connectivity index (χ3v) is 5.01. The predicted molar refractivity (Wildman–Crippen MR) is 86.8 cm³/mol. The molecule has 0 aliphatic carbocycles. The average Bonchev–Trinajstić information content (AvgIpc) is 2.41. The van der Waals surface area contributed by atoms with Crippen LogP contribution in [0.25, 0.3) is 0 Å². The monoisotopic (exact) mass is 323 g/mol. The molecule has 2 rings (SSSR count). The number of rotatable bonds is 5. The van der Waals surface area contributed by atoms with Gasteiger partial charge in [0.2, 0.25) is 10.0 Å². The van der Waals surface area contributed by atoms with E-state index in [2.05, 4.69) is 4.72 Å². The normalized spacial score (nSPS) is 13.1. The molecule has 0 fully saturated rings. The number of hydrogen-bond donors (Lipinski definition) is 1. The largest absolute Gasteiger partial charge is 0.216 e. The van der Waals surface area contributed by atoms with E-state index in [1.54, 1.807) is 24.3 Å². The summed E-state index contributed by atoms with van der Waals surface area (Å²) >= 11 is 6.01. The molecule has 0 saturated heterocycles. The molecule has 1 atom stereocenters. The quantitative estimate of drug-likeness (QED) is 0.909. The average molecular weight is 324 g/mol. The summed E-state index contributed by atoms with van der Waals surface area (Å²) < 4.78 is 27.1. The molecule has 2 aromatic rings. The van der Waals surface area contributed by atoms with Crippen molar-refractivity contribution in [2.45, 2.75) is 25.6 Å². The van der Waals surface area contributed by atoms with Crippen molar-refractivity contribution >= 4 is 21.6 Å². The van der Waals surface area contributed by atoms with E-state index in [9.17, 15) is 8.42 Å². The fourth-order valence-electron chi connectivity index (χ4n) is 2.05. The minimum absolute atomic E-state index is 0.122. The molecule has 0 aliphatic rings. The second-order valence-corrected chi connectivity index (χ2v) is 7.26. The van der Waals surface area contributed by atoms with Crippen LogP contribution in [-0.4, -0.2) is 8.42 Å². The van der Waals surface area contributed by atoms with Crippen molar-refractivity contribution < 1.29 is 8.42 Å². The summed E-state index contributed by atoms with van der Waals surface area (Å²) in [6, 6.07) is 14.5. The SMILES string of the molecule is Cc1ccc([C@H](C)NS(=O)(=O)Cc2ccccc2Cl)cc1. The highest BCUT2D eigenvalue weighted by molar-refractivity contribution is 7.88. The van der Waals surface area contributed by atoms with Gasteiger partial charge < -0.3 is 0 Å². The molecule has 5 heteroatoms. The smallest absolute Gasteiger partial charge is 0.212 e. The summed E-state index contributed by atoms with van der Waals surface area (Å²) in [5.41, 5.74) is 2.68. The third-order valence-electron chi connectivity index (χ3n) is 3.24. The summed E-state index contributed by atoms with van der Waals surface area (Å²) in [5, 5.41) is 0.464. The number of sulfonamides is 1. The minimum atomic E-state index is -3.45. The Bertz CT molecular complexity index is 711. The number of aryl methyl sites for hydroxylation is 1. The first-order chi connectivity index (χ1) is 9.87. The molecule has 0 unspecified atom stereocenters. The first kappa shape index (κ1) is 16.0. The molecule has 21 heavy (non-hydrogen) atoms. The van der Waals surface area contributed by atoms with Crippen molar-refractivity contribution in [3.8, 4) is 0 Å². The highest BCUT2D eigenvalue weighted by Gasteiger charge is 2.17. The Balaban J connectivity index is 2.10. The van der Waals surface area contributed by atoms with E-state index in [0.29, 0.717) is 10.6 Å². The molecule has 3 nitrogen and oxygen atoms in total. The lowest BCUT2D eigenvalue weighted by Gasteiger charge is -2.15. The van der Waals surface area contributed by atoms with E-state index >= 15 is 0 Å². The lowest BCUT2D eigenvalue weighted by atomic mass is 10.1. The highest BCUT2D eigenvalue weighted by Crippen LogP contribution is 2.19. The van der Waals surface area contributed by atoms with Gasteiger partial charge in [-0.25, -0.2) is 13.1 Å². The maximum Gasteiger partial charge on any atom is 0.216 e. The highest BCUT2D eigenvalue weighted by atomic mass is 35.5. The molecule has 0 amide bonds. The Hall–Kier alpha value is -1.36. The Labute approximate surface area is 131 Å². The van der Waals surface area contributed by atoms with Gasteiger partial charge in [0.05, 0.1) is 5.75 Å². The summed E-state index contributed by atoms with van der Waals surface area (Å²) in [7, 11) is -3.45. The van der Waals surface area contributed by atoms with Crippen molar-refractivity contribution in [1.29, 1.82) is 0 Å². The first-order valence-electron chi connectivity index (χ1n) is 6.67. The van der Waals surface area contributed by atoms with Gasteiger partial charge in [-0.3, -0.25) is 0 Å². The molecule has 0 heterocycles. The van der Waals surface area contributed by atoms with E-state index < -0.39 is 10.0 Å². The zero-order valence-electron chi connectivity index (χ0n) is 12.0. The molecule has 0 spiro atoms. The Kier molecular flexibility index (Phi) is 5.04. The third kappa shape index (κ3) is 4.56. The van der Waals surface area contributed by atoms with Gasteiger partial charge in [0.25, 0.3) is 0 Å². The van der Waals surface area contributed by atoms with Gasteiger partial charge in [0.15, 0.2) is 0 Å². The fraction of sp³-hybridized carbons (Fsp3) is 0.250. The van der Waals surface area contributed by atoms with E-state index in [1.807, 2.05) is 38.1 Å². The number of halogens is 1. The Morgan fingerprint density at radius 3 is 2.33 bits per heavy atom. The van der Waals surface area contributed by atoms with Crippen molar-refractivity contribution in [3.63, 3.8) is 0 Å². The van der Waals surface area contributed by atoms with Gasteiger partial charge in [-0.15, -0.1) is 0 Å². The number of benzene rings is 2. The second-order valence-electron chi connectivity index (χ2n) is 5.10. The fourth-order valence-corrected chi connectivity index (χ4v) is 3.76. The molecule has 0 aromatic heterocycles. The molecular formula is C16H18ClNO2S. The second kappa shape index (κ2) is 6.60. The first-order valence-corrected chi connectivity index (χ1v) is 8.70. The van der Waals surface area contributed by atoms with Crippen LogP contribution in [0.3, 0.4) is 0 Å². The van der Waals surface area contributed by atoms with Crippen LogP contribution in [0.5, 0.6) is 0 Å². The summed E-state index contributed by atoms with van der Waals surface area (Å²) in [6.45, 7) is 3.82. The lowest BCUT2D eigenvalue weighted by molar-refractivity contribution is 0.566. The molecule has 2 aromatic carbocycles. The van der Waals surface area contributed by atoms with Crippen LogP contribution in [0, 0.1) is 6.92 Å². The topological polar surface area (TPSA) is 46.2 Å². The van der Waals surface area contributed by atoms with Crippen molar-refractivity contribution in [2.75, 3.05) is 0 Å². The Morgan fingerprint density at radius 2 is 1.71 bits per heavy atom. The molecule has 0 radical (unpaired) electrons. The summed E-state index contributed by atoms with van der Waals surface area (Å²) in [5.74, 6) is -0.122. The van der Waals surface area contributed by atoms with E-state index in [4.69, 9.17) is 11.6 Å². The van der Waals surface area contributed by atoms with Crippen LogP contribution in [0.2, 0.25) is 5.02 Å². The maximum atomic E-state index is 12.2. The number of hydrogen-bond acceptors (Lipinski definition) is 2. The van der Waals surface area contributed by atoms with E-state index in [-0.39, 0.29) is 11.8 Å². The summed E-state index contributed by atoms with van der Waals surface area (Å²) in [4.78, 5) is 0. The molecule has 0 aliphatic heterocycles. The zero-order chi connectivity index (χ0) is 15.5. The van der Waals surface area contributed by atoms with Gasteiger partial charge in [-0.1, -0.05) is 59.6 Å². The zero-order valence-corrected chi connectivity index (χ0v) is 13.6. The van der Waals surface area contributed by atoms with Crippen LogP contribution in [-0.2, 0) is 15.8 Å². The van der Waals surface area contributed by atoms with E-state index in [0.717, 1.165) is 11.1 Å². The predicted octanol–water partition coefficient (Wildman–Crippen LogP) is 3.83. The molecule has 112 valence electrons. The molecule has 1 N–H and O–H groups in total. The van der Waals surface area contributed by atoms with Gasteiger partial charge in [0, 0.05) is 11.1 Å². The standard InChI is InChI=1S/C16H18ClNO2S/c1-12-7-9-14(10-8-12)13(2)18-21(19,20)11-15-5-3-4-6-16(15)17/h3-10,13,18H,11H2,1-2H3/t13-/m0/s1. The van der Waals surface area contributed by atoms with E-state index in [1.165, 1.54) is 0 Å². The Morgan fingerprint density at radius 1 is 1.10 bits per heavy atom. The van der Waals surface area contributed by atoms with Crippen LogP contribution in [0.15, 0.2) is 48.5 Å². The van der Waals surface area contributed by atoms with Gasteiger partial charge in [0.1, 0.15) is 0 Å². The van der Waals surface area contributed by atoms with Crippen molar-refractivity contribution in [3.05, 3.63) is 70.2 Å². The summed E-state index contributed by atoms with van der Waals surface area (Å²) in [6.07, 6.45) is 0. The number of nitrogens with one attached hydrogen (secondary N) is 1. The van der Waals surface area contributed by atoms with Gasteiger partial charge in [-0.2, -0.15) is 0 Å². The molecular weight excluding hydrogens is 306 g/mol. The minimum Gasteiger partial charge on any atom is -0.212 e. The van der Waals surface area contributed by atoms with Crippen LogP contribution in [0.1, 0.15) is 29.7 Å². The van der Waals surface area contributed by atoms with Crippen LogP contribution < -0.4 is 4.72 Å². The lowest BCUT2D eigenvalue weighted by Crippen LogP contribution is -2.28. The van der Waals surface area contributed by atoms with Gasteiger partial charge >= 0.3 is 0 Å².